The first-order valence-corrected chi connectivity index (χ1v) is 11.4. The molecule has 1 amide bonds. The molecule has 3 rings (SSSR count). The Kier molecular flexibility index (Phi) is 7.41. The molecule has 2 aromatic carbocycles. The predicted octanol–water partition coefficient (Wildman–Crippen LogP) is 2.52. The highest BCUT2D eigenvalue weighted by atomic mass is 32.2. The number of sulfonamides is 1. The van der Waals surface area contributed by atoms with Gasteiger partial charge in [-0.05, 0) is 35.6 Å². The molecule has 0 spiro atoms. The van der Waals surface area contributed by atoms with Gasteiger partial charge in [0, 0.05) is 26.1 Å². The molecule has 0 bridgehead atoms. The molecule has 6 nitrogen and oxygen atoms in total. The quantitative estimate of drug-likeness (QED) is 0.718. The van der Waals surface area contributed by atoms with Crippen molar-refractivity contribution in [2.24, 2.45) is 0 Å². The molecule has 1 aliphatic heterocycles. The molecule has 0 aliphatic carbocycles. The zero-order valence-corrected chi connectivity index (χ0v) is 17.6. The van der Waals surface area contributed by atoms with Crippen molar-refractivity contribution in [3.8, 4) is 0 Å². The molecule has 1 saturated heterocycles. The summed E-state index contributed by atoms with van der Waals surface area (Å²) in [4.78, 5) is 12.5. The van der Waals surface area contributed by atoms with Gasteiger partial charge in [-0.25, -0.2) is 8.42 Å². The smallest absolute Gasteiger partial charge is 0.243 e. The second-order valence-electron chi connectivity index (χ2n) is 7.07. The van der Waals surface area contributed by atoms with Crippen molar-refractivity contribution in [1.82, 2.24) is 9.62 Å². The Morgan fingerprint density at radius 1 is 1.03 bits per heavy atom. The fourth-order valence-corrected chi connectivity index (χ4v) is 4.94. The second kappa shape index (κ2) is 10.0. The van der Waals surface area contributed by atoms with E-state index in [9.17, 15) is 13.2 Å². The summed E-state index contributed by atoms with van der Waals surface area (Å²) in [7, 11) is -3.60. The second-order valence-corrected chi connectivity index (χ2v) is 8.98. The van der Waals surface area contributed by atoms with Crippen molar-refractivity contribution in [2.75, 3.05) is 26.3 Å². The highest BCUT2D eigenvalue weighted by Gasteiger charge is 2.28. The summed E-state index contributed by atoms with van der Waals surface area (Å²) in [5.41, 5.74) is 2.99. The average molecular weight is 417 g/mol. The van der Waals surface area contributed by atoms with Crippen LogP contribution in [0.2, 0.25) is 0 Å². The average Bonchev–Trinajstić information content (AvgIpc) is 2.77. The van der Waals surface area contributed by atoms with Crippen LogP contribution in [-0.2, 0) is 38.9 Å². The van der Waals surface area contributed by atoms with E-state index in [4.69, 9.17) is 4.74 Å². The van der Waals surface area contributed by atoms with Gasteiger partial charge in [0.15, 0.2) is 0 Å². The molecule has 1 fully saturated rings. The molecular weight excluding hydrogens is 388 g/mol. The summed E-state index contributed by atoms with van der Waals surface area (Å²) in [6.45, 7) is 3.79. The number of nitrogens with one attached hydrogen (secondary N) is 1. The van der Waals surface area contributed by atoms with E-state index in [-0.39, 0.29) is 17.3 Å². The van der Waals surface area contributed by atoms with E-state index in [1.165, 1.54) is 9.87 Å². The van der Waals surface area contributed by atoms with Crippen LogP contribution in [-0.4, -0.2) is 44.9 Å². The first-order valence-electron chi connectivity index (χ1n) is 10.0. The molecule has 0 radical (unpaired) electrons. The largest absolute Gasteiger partial charge is 0.379 e. The van der Waals surface area contributed by atoms with Gasteiger partial charge in [-0.1, -0.05) is 49.4 Å². The van der Waals surface area contributed by atoms with Gasteiger partial charge >= 0.3 is 0 Å². The Hall–Kier alpha value is -2.22. The normalized spacial score (nSPS) is 15.2. The number of aryl methyl sites for hydroxylation is 2. The Morgan fingerprint density at radius 2 is 1.69 bits per heavy atom. The lowest BCUT2D eigenvalue weighted by molar-refractivity contribution is -0.121. The summed E-state index contributed by atoms with van der Waals surface area (Å²) in [5.74, 6) is -0.0943. The van der Waals surface area contributed by atoms with Gasteiger partial charge in [-0.2, -0.15) is 4.31 Å². The van der Waals surface area contributed by atoms with Gasteiger partial charge in [0.05, 0.1) is 18.1 Å². The Balaban J connectivity index is 1.59. The van der Waals surface area contributed by atoms with Gasteiger partial charge in [-0.3, -0.25) is 4.79 Å². The maximum absolute atomic E-state index is 13.0. The first-order chi connectivity index (χ1) is 14.0. The lowest BCUT2D eigenvalue weighted by Gasteiger charge is -2.27. The number of nitrogens with zero attached hydrogens (tertiary/aromatic N) is 1. The van der Waals surface area contributed by atoms with Crippen LogP contribution in [0.15, 0.2) is 53.4 Å². The van der Waals surface area contributed by atoms with Crippen LogP contribution in [0.25, 0.3) is 0 Å². The summed E-state index contributed by atoms with van der Waals surface area (Å²) in [5, 5.41) is 2.86. The number of morpholine rings is 1. The fourth-order valence-electron chi connectivity index (χ4n) is 3.31. The van der Waals surface area contributed by atoms with Crippen molar-refractivity contribution in [3.05, 3.63) is 65.2 Å². The van der Waals surface area contributed by atoms with E-state index in [1.54, 1.807) is 24.3 Å². The molecular formula is C22H28N2O4S. The number of hydrogen-bond donors (Lipinski definition) is 1. The third-order valence-electron chi connectivity index (χ3n) is 5.11. The number of ether oxygens (including phenoxy) is 1. The minimum atomic E-state index is -3.60. The van der Waals surface area contributed by atoms with E-state index < -0.39 is 10.0 Å². The molecule has 1 N–H and O–H groups in total. The van der Waals surface area contributed by atoms with Crippen LogP contribution in [0.3, 0.4) is 0 Å². The third-order valence-corrected chi connectivity index (χ3v) is 7.11. The maximum Gasteiger partial charge on any atom is 0.243 e. The number of rotatable bonds is 8. The SMILES string of the molecule is CCc1ccc(CCC(=O)NCc2ccccc2S(=O)(=O)N2CCOCC2)cc1. The zero-order chi connectivity index (χ0) is 20.7. The molecule has 7 heteroatoms. The van der Waals surface area contributed by atoms with Crippen LogP contribution >= 0.6 is 0 Å². The lowest BCUT2D eigenvalue weighted by Crippen LogP contribution is -2.41. The minimum Gasteiger partial charge on any atom is -0.379 e. The van der Waals surface area contributed by atoms with Gasteiger partial charge in [0.25, 0.3) is 0 Å². The summed E-state index contributed by atoms with van der Waals surface area (Å²) in [6.07, 6.45) is 2.01. The molecule has 0 unspecified atom stereocenters. The van der Waals surface area contributed by atoms with Crippen LogP contribution in [0.4, 0.5) is 0 Å². The first kappa shape index (κ1) is 21.5. The fraction of sp³-hybridized carbons (Fsp3) is 0.409. The molecule has 2 aromatic rings. The highest BCUT2D eigenvalue weighted by molar-refractivity contribution is 7.89. The van der Waals surface area contributed by atoms with Gasteiger partial charge in [0.1, 0.15) is 0 Å². The summed E-state index contributed by atoms with van der Waals surface area (Å²) < 4.78 is 32.6. The standard InChI is InChI=1S/C22H28N2O4S/c1-2-18-7-9-19(10-8-18)11-12-22(25)23-17-20-5-3-4-6-21(20)29(26,27)24-13-15-28-16-14-24/h3-10H,2,11-17H2,1H3,(H,23,25). The van der Waals surface area contributed by atoms with Gasteiger partial charge in [-0.15, -0.1) is 0 Å². The molecule has 1 aliphatic rings. The van der Waals surface area contributed by atoms with Crippen molar-refractivity contribution in [1.29, 1.82) is 0 Å². The van der Waals surface area contributed by atoms with Crippen molar-refractivity contribution < 1.29 is 17.9 Å². The van der Waals surface area contributed by atoms with E-state index >= 15 is 0 Å². The number of benzene rings is 2. The van der Waals surface area contributed by atoms with E-state index in [2.05, 4.69) is 36.5 Å². The van der Waals surface area contributed by atoms with E-state index in [0.29, 0.717) is 44.7 Å². The predicted molar refractivity (Wildman–Crippen MR) is 112 cm³/mol. The Bertz CT molecular complexity index is 920. The van der Waals surface area contributed by atoms with Gasteiger partial charge in [0.2, 0.25) is 15.9 Å². The lowest BCUT2D eigenvalue weighted by atomic mass is 10.1. The van der Waals surface area contributed by atoms with Crippen molar-refractivity contribution in [2.45, 2.75) is 37.6 Å². The topological polar surface area (TPSA) is 75.7 Å². The maximum atomic E-state index is 13.0. The molecule has 0 aromatic heterocycles. The minimum absolute atomic E-state index is 0.0943. The van der Waals surface area contributed by atoms with E-state index in [1.807, 2.05) is 0 Å². The van der Waals surface area contributed by atoms with Crippen molar-refractivity contribution in [3.63, 3.8) is 0 Å². The van der Waals surface area contributed by atoms with E-state index in [0.717, 1.165) is 12.0 Å². The zero-order valence-electron chi connectivity index (χ0n) is 16.8. The summed E-state index contributed by atoms with van der Waals surface area (Å²) in [6, 6.07) is 15.1. The molecule has 156 valence electrons. The van der Waals surface area contributed by atoms with Crippen LogP contribution in [0, 0.1) is 0 Å². The highest BCUT2D eigenvalue weighted by Crippen LogP contribution is 2.21. The number of hydrogen-bond acceptors (Lipinski definition) is 4. The number of carbonyl (C=O) groups excluding carboxylic acids is 1. The third kappa shape index (κ3) is 5.65. The Morgan fingerprint density at radius 3 is 2.38 bits per heavy atom. The molecule has 29 heavy (non-hydrogen) atoms. The number of carbonyl (C=O) groups is 1. The molecule has 1 heterocycles. The Labute approximate surface area is 172 Å². The van der Waals surface area contributed by atoms with Crippen LogP contribution < -0.4 is 5.32 Å². The van der Waals surface area contributed by atoms with Crippen molar-refractivity contribution >= 4 is 15.9 Å². The summed E-state index contributed by atoms with van der Waals surface area (Å²) >= 11 is 0. The molecule has 0 saturated carbocycles. The van der Waals surface area contributed by atoms with Crippen LogP contribution in [0.1, 0.15) is 30.0 Å². The molecule has 0 atom stereocenters. The van der Waals surface area contributed by atoms with Gasteiger partial charge < -0.3 is 10.1 Å². The monoisotopic (exact) mass is 416 g/mol. The van der Waals surface area contributed by atoms with Crippen LogP contribution in [0.5, 0.6) is 0 Å². The number of amides is 1.